The van der Waals surface area contributed by atoms with Crippen LogP contribution >= 0.6 is 0 Å². The number of morpholine rings is 1. The van der Waals surface area contributed by atoms with Crippen LogP contribution in [0, 0.1) is 0 Å². The number of amides is 1. The van der Waals surface area contributed by atoms with Crippen molar-refractivity contribution in [2.24, 2.45) is 0 Å². The summed E-state index contributed by atoms with van der Waals surface area (Å²) in [5.41, 5.74) is 0.881. The molecule has 24 heavy (non-hydrogen) atoms. The topological polar surface area (TPSA) is 102 Å². The first-order chi connectivity index (χ1) is 11.6. The molecule has 3 rings (SSSR count). The van der Waals surface area contributed by atoms with Gasteiger partial charge in [0.05, 0.1) is 13.2 Å². The van der Waals surface area contributed by atoms with Gasteiger partial charge in [0.1, 0.15) is 0 Å². The molecule has 0 spiro atoms. The molecule has 0 aliphatic carbocycles. The van der Waals surface area contributed by atoms with Crippen LogP contribution in [0.15, 0.2) is 46.2 Å². The number of carbonyl (C=O) groups is 1. The highest BCUT2D eigenvalue weighted by Gasteiger charge is 2.29. The van der Waals surface area contributed by atoms with Crippen LogP contribution in [-0.2, 0) is 21.3 Å². The number of nitrogens with zero attached hydrogens (tertiary/aromatic N) is 2. The highest BCUT2D eigenvalue weighted by Crippen LogP contribution is 2.19. The van der Waals surface area contributed by atoms with Crippen molar-refractivity contribution >= 4 is 15.9 Å². The largest absolute Gasteiger partial charge is 0.438 e. The molecule has 3 heterocycles. The molecule has 8 nitrogen and oxygen atoms in total. The lowest BCUT2D eigenvalue weighted by molar-refractivity contribution is 0.0722. The minimum atomic E-state index is -3.74. The Balaban J connectivity index is 1.67. The van der Waals surface area contributed by atoms with Gasteiger partial charge >= 0.3 is 0 Å². The summed E-state index contributed by atoms with van der Waals surface area (Å²) in [5.74, 6) is -0.522. The Kier molecular flexibility index (Phi) is 4.93. The minimum absolute atomic E-state index is 0.0455. The van der Waals surface area contributed by atoms with Crippen LogP contribution in [0.4, 0.5) is 0 Å². The third kappa shape index (κ3) is 3.64. The van der Waals surface area contributed by atoms with Crippen LogP contribution in [0.1, 0.15) is 16.1 Å². The second kappa shape index (κ2) is 7.12. The van der Waals surface area contributed by atoms with E-state index < -0.39 is 15.9 Å². The van der Waals surface area contributed by atoms with Crippen molar-refractivity contribution in [3.63, 3.8) is 0 Å². The van der Waals surface area contributed by atoms with Gasteiger partial charge in [-0.25, -0.2) is 8.42 Å². The summed E-state index contributed by atoms with van der Waals surface area (Å²) >= 11 is 0. The van der Waals surface area contributed by atoms with E-state index >= 15 is 0 Å². The number of rotatable bonds is 5. The molecule has 0 aromatic carbocycles. The lowest BCUT2D eigenvalue weighted by Gasteiger charge is -2.24. The van der Waals surface area contributed by atoms with E-state index in [1.54, 1.807) is 24.5 Å². The first kappa shape index (κ1) is 16.6. The molecule has 128 valence electrons. The number of pyridine rings is 1. The Morgan fingerprint density at radius 1 is 1.17 bits per heavy atom. The molecule has 0 atom stereocenters. The van der Waals surface area contributed by atoms with E-state index in [1.807, 2.05) is 0 Å². The summed E-state index contributed by atoms with van der Waals surface area (Å²) in [7, 11) is -3.74. The van der Waals surface area contributed by atoms with E-state index in [0.717, 1.165) is 5.56 Å². The fourth-order valence-corrected chi connectivity index (χ4v) is 3.58. The first-order valence-corrected chi connectivity index (χ1v) is 8.86. The van der Waals surface area contributed by atoms with E-state index in [9.17, 15) is 13.2 Å². The molecule has 2 aromatic rings. The van der Waals surface area contributed by atoms with Gasteiger partial charge < -0.3 is 14.5 Å². The van der Waals surface area contributed by atoms with Gasteiger partial charge in [-0.1, -0.05) is 0 Å². The first-order valence-electron chi connectivity index (χ1n) is 7.42. The van der Waals surface area contributed by atoms with E-state index in [-0.39, 0.29) is 23.9 Å². The lowest BCUT2D eigenvalue weighted by Crippen LogP contribution is -2.40. The van der Waals surface area contributed by atoms with Crippen LogP contribution < -0.4 is 5.32 Å². The van der Waals surface area contributed by atoms with Gasteiger partial charge in [-0.3, -0.25) is 9.78 Å². The Morgan fingerprint density at radius 3 is 2.58 bits per heavy atom. The second-order valence-corrected chi connectivity index (χ2v) is 7.04. The molecule has 0 bridgehead atoms. The maximum atomic E-state index is 12.4. The molecule has 0 saturated carbocycles. The van der Waals surface area contributed by atoms with Crippen LogP contribution in [-0.4, -0.2) is 49.9 Å². The predicted octanol–water partition coefficient (Wildman–Crippen LogP) is 0.625. The Labute approximate surface area is 139 Å². The van der Waals surface area contributed by atoms with Gasteiger partial charge in [0.2, 0.25) is 5.09 Å². The number of furan rings is 1. The zero-order chi connectivity index (χ0) is 17.0. The number of aromatic nitrogens is 1. The molecule has 1 N–H and O–H groups in total. The molecule has 1 aliphatic rings. The normalized spacial score (nSPS) is 16.0. The van der Waals surface area contributed by atoms with Crippen molar-refractivity contribution < 1.29 is 22.4 Å². The van der Waals surface area contributed by atoms with Crippen molar-refractivity contribution in [3.8, 4) is 0 Å². The molecule has 1 aliphatic heterocycles. The number of nitrogens with one attached hydrogen (secondary N) is 1. The number of carbonyl (C=O) groups excluding carboxylic acids is 1. The van der Waals surface area contributed by atoms with Crippen LogP contribution in [0.25, 0.3) is 0 Å². The standard InChI is InChI=1S/C15H17N3O5S/c19-15(17-11-12-3-5-16-6-4-12)13-1-2-14(23-13)24(20,21)18-7-9-22-10-8-18/h1-6H,7-11H2,(H,17,19). The third-order valence-electron chi connectivity index (χ3n) is 3.57. The summed E-state index contributed by atoms with van der Waals surface area (Å²) < 4.78 is 36.6. The molecule has 2 aromatic heterocycles. The van der Waals surface area contributed by atoms with Gasteiger partial charge in [-0.2, -0.15) is 4.31 Å². The molecule has 0 radical (unpaired) electrons. The Bertz CT molecular complexity index is 798. The molecule has 1 saturated heterocycles. The number of hydrogen-bond donors (Lipinski definition) is 1. The number of ether oxygens (including phenoxy) is 1. The van der Waals surface area contributed by atoms with Crippen molar-refractivity contribution in [3.05, 3.63) is 48.0 Å². The quantitative estimate of drug-likeness (QED) is 0.847. The Hall–Kier alpha value is -2.23. The van der Waals surface area contributed by atoms with Crippen molar-refractivity contribution in [1.29, 1.82) is 0 Å². The van der Waals surface area contributed by atoms with E-state index in [1.165, 1.54) is 16.4 Å². The predicted molar refractivity (Wildman–Crippen MR) is 83.7 cm³/mol. The number of sulfonamides is 1. The molecule has 0 unspecified atom stereocenters. The summed E-state index contributed by atoms with van der Waals surface area (Å²) in [6, 6.07) is 6.20. The summed E-state index contributed by atoms with van der Waals surface area (Å²) in [5, 5.41) is 2.43. The molecule has 1 fully saturated rings. The maximum absolute atomic E-state index is 12.4. The minimum Gasteiger partial charge on any atom is -0.438 e. The van der Waals surface area contributed by atoms with Crippen molar-refractivity contribution in [2.75, 3.05) is 26.3 Å². The van der Waals surface area contributed by atoms with Gasteiger partial charge in [0.15, 0.2) is 5.76 Å². The summed E-state index contributed by atoms with van der Waals surface area (Å²) in [4.78, 5) is 16.0. The van der Waals surface area contributed by atoms with E-state index in [2.05, 4.69) is 10.3 Å². The van der Waals surface area contributed by atoms with Gasteiger partial charge in [-0.05, 0) is 29.8 Å². The molecular weight excluding hydrogens is 334 g/mol. The molecule has 9 heteroatoms. The highest BCUT2D eigenvalue weighted by molar-refractivity contribution is 7.89. The fraction of sp³-hybridized carbons (Fsp3) is 0.333. The van der Waals surface area contributed by atoms with E-state index in [4.69, 9.17) is 9.15 Å². The second-order valence-electron chi connectivity index (χ2n) is 5.17. The highest BCUT2D eigenvalue weighted by atomic mass is 32.2. The fourth-order valence-electron chi connectivity index (χ4n) is 2.27. The van der Waals surface area contributed by atoms with Gasteiger partial charge in [0, 0.05) is 32.0 Å². The van der Waals surface area contributed by atoms with Gasteiger partial charge in [-0.15, -0.1) is 0 Å². The zero-order valence-corrected chi connectivity index (χ0v) is 13.7. The summed E-state index contributed by atoms with van der Waals surface area (Å²) in [6.07, 6.45) is 3.25. The maximum Gasteiger partial charge on any atom is 0.287 e. The summed E-state index contributed by atoms with van der Waals surface area (Å²) in [6.45, 7) is 1.53. The van der Waals surface area contributed by atoms with Crippen LogP contribution in [0.2, 0.25) is 0 Å². The average molecular weight is 351 g/mol. The SMILES string of the molecule is O=C(NCc1ccncc1)c1ccc(S(=O)(=O)N2CCOCC2)o1. The smallest absolute Gasteiger partial charge is 0.287 e. The van der Waals surface area contributed by atoms with Crippen LogP contribution in [0.5, 0.6) is 0 Å². The number of hydrogen-bond acceptors (Lipinski definition) is 6. The third-order valence-corrected chi connectivity index (χ3v) is 5.34. The van der Waals surface area contributed by atoms with Crippen molar-refractivity contribution in [2.45, 2.75) is 11.6 Å². The Morgan fingerprint density at radius 2 is 1.88 bits per heavy atom. The van der Waals surface area contributed by atoms with Crippen molar-refractivity contribution in [1.82, 2.24) is 14.6 Å². The zero-order valence-electron chi connectivity index (χ0n) is 12.8. The van der Waals surface area contributed by atoms with Gasteiger partial charge in [0.25, 0.3) is 15.9 Å². The monoisotopic (exact) mass is 351 g/mol. The molecule has 1 amide bonds. The molecular formula is C15H17N3O5S. The lowest BCUT2D eigenvalue weighted by atomic mass is 10.2. The average Bonchev–Trinajstić information content (AvgIpc) is 3.12. The van der Waals surface area contributed by atoms with E-state index in [0.29, 0.717) is 19.8 Å². The van der Waals surface area contributed by atoms with Crippen LogP contribution in [0.3, 0.4) is 0 Å².